The number of furan rings is 1. The van der Waals surface area contributed by atoms with Crippen LogP contribution in [0.5, 0.6) is 5.75 Å². The number of carbonyl (C=O) groups excluding carboxylic acids is 6. The molecule has 0 aliphatic rings. The van der Waals surface area contributed by atoms with Gasteiger partial charge in [0.05, 0.1) is 51.4 Å². The summed E-state index contributed by atoms with van der Waals surface area (Å²) in [6.07, 6.45) is 1.06. The van der Waals surface area contributed by atoms with E-state index in [0.29, 0.717) is 24.8 Å². The number of benzene rings is 3. The summed E-state index contributed by atoms with van der Waals surface area (Å²) in [5, 5.41) is 8.83. The predicted molar refractivity (Wildman–Crippen MR) is 212 cm³/mol. The van der Waals surface area contributed by atoms with Gasteiger partial charge in [0.1, 0.15) is 35.8 Å². The van der Waals surface area contributed by atoms with Crippen LogP contribution in [0.25, 0.3) is 11.3 Å². The number of amides is 4. The Balaban J connectivity index is 1.43. The second kappa shape index (κ2) is 23.1. The molecule has 320 valence electrons. The minimum atomic E-state index is -1.32. The third kappa shape index (κ3) is 12.9. The van der Waals surface area contributed by atoms with Crippen LogP contribution in [-0.4, -0.2) is 80.7 Å². The number of nitrogens with one attached hydrogen (secondary N) is 3. The maximum Gasteiger partial charge on any atom is 0.328 e. The molecule has 0 aliphatic carbocycles. The molecule has 0 unspecified atom stereocenters. The molecule has 4 rings (SSSR count). The molecular formula is C43H48F2N4O11. The van der Waals surface area contributed by atoms with Gasteiger partial charge in [-0.3, -0.25) is 28.8 Å². The molecule has 4 aromatic rings. The smallest absolute Gasteiger partial charge is 0.328 e. The van der Waals surface area contributed by atoms with Gasteiger partial charge in [0.2, 0.25) is 12.3 Å². The zero-order chi connectivity index (χ0) is 43.6. The fourth-order valence-electron chi connectivity index (χ4n) is 6.31. The number of hydrogen-bond acceptors (Lipinski definition) is 11. The van der Waals surface area contributed by atoms with E-state index in [9.17, 15) is 37.5 Å². The van der Waals surface area contributed by atoms with E-state index >= 15 is 0 Å². The first-order valence-electron chi connectivity index (χ1n) is 19.2. The van der Waals surface area contributed by atoms with Gasteiger partial charge in [-0.1, -0.05) is 49.4 Å². The SMILES string of the molecule is CCOc1cc(-c2ccc(C(=O)NCNC(=O)[C@H](CCCc3ccc(F)cc3F)[C@@H](CC)N(C=O)OCc3ccccc3)o2)ccc1C(=O)N[C@@H](CC(=O)OC)C(=O)OC. The number of halogens is 2. The second-order valence-electron chi connectivity index (χ2n) is 13.3. The monoisotopic (exact) mass is 834 g/mol. The Labute approximate surface area is 345 Å². The molecule has 3 N–H and O–H groups in total. The lowest BCUT2D eigenvalue weighted by molar-refractivity contribution is -0.200. The fourth-order valence-corrected chi connectivity index (χ4v) is 6.31. The van der Waals surface area contributed by atoms with Crippen molar-refractivity contribution in [2.45, 2.75) is 64.6 Å². The summed E-state index contributed by atoms with van der Waals surface area (Å²) in [6.45, 7) is 3.41. The molecule has 1 aromatic heterocycles. The Bertz CT molecular complexity index is 2100. The van der Waals surface area contributed by atoms with Gasteiger partial charge in [0, 0.05) is 11.6 Å². The zero-order valence-electron chi connectivity index (χ0n) is 33.7. The number of aryl methyl sites for hydroxylation is 1. The lowest BCUT2D eigenvalue weighted by atomic mass is 9.90. The average molecular weight is 835 g/mol. The van der Waals surface area contributed by atoms with Crippen molar-refractivity contribution < 1.29 is 61.0 Å². The number of hydrogen-bond donors (Lipinski definition) is 3. The van der Waals surface area contributed by atoms with Crippen molar-refractivity contribution >= 4 is 36.1 Å². The standard InChI is InChI=1S/C43H48F2N4O11/c1-5-35(49(26-50)59-24-27-11-8-7-9-12-27)31(14-10-13-28-15-17-30(44)22-33(28)45)40(52)46-25-47-42(54)37-20-19-36(60-37)29-16-18-32(38(21-29)58-6-2)41(53)48-34(43(55)57-4)23-39(51)56-3/h7-9,11-12,15-22,26,31,34-35H,5-6,10,13-14,23-25H2,1-4H3,(H,46,52)(H,47,54)(H,48,53)/t31-,34+,35-/m1/s1. The highest BCUT2D eigenvalue weighted by Crippen LogP contribution is 2.30. The van der Waals surface area contributed by atoms with Crippen LogP contribution in [0.15, 0.2) is 83.3 Å². The summed E-state index contributed by atoms with van der Waals surface area (Å²) in [5.41, 5.74) is 1.56. The molecule has 3 aromatic carbocycles. The summed E-state index contributed by atoms with van der Waals surface area (Å²) in [7, 11) is 2.26. The van der Waals surface area contributed by atoms with Gasteiger partial charge in [-0.15, -0.1) is 0 Å². The van der Waals surface area contributed by atoms with Gasteiger partial charge < -0.3 is 34.6 Å². The summed E-state index contributed by atoms with van der Waals surface area (Å²) < 4.78 is 48.7. The van der Waals surface area contributed by atoms with Gasteiger partial charge in [-0.2, -0.15) is 0 Å². The largest absolute Gasteiger partial charge is 0.493 e. The number of methoxy groups -OCH3 is 2. The van der Waals surface area contributed by atoms with Crippen LogP contribution >= 0.6 is 0 Å². The first kappa shape index (κ1) is 46.1. The molecule has 0 saturated carbocycles. The van der Waals surface area contributed by atoms with E-state index in [1.165, 1.54) is 36.4 Å². The Hall–Kier alpha value is -6.62. The number of ether oxygens (including phenoxy) is 3. The highest BCUT2D eigenvalue weighted by atomic mass is 19.1. The molecule has 17 heteroatoms. The van der Waals surface area contributed by atoms with Crippen molar-refractivity contribution in [3.63, 3.8) is 0 Å². The normalized spacial score (nSPS) is 12.3. The fraction of sp³-hybridized carbons (Fsp3) is 0.349. The van der Waals surface area contributed by atoms with Gasteiger partial charge in [0.25, 0.3) is 11.8 Å². The lowest BCUT2D eigenvalue weighted by Gasteiger charge is -2.32. The quantitative estimate of drug-likeness (QED) is 0.0382. The van der Waals surface area contributed by atoms with E-state index in [4.69, 9.17) is 18.7 Å². The number of rotatable bonds is 23. The molecule has 0 radical (unpaired) electrons. The molecule has 0 aliphatic heterocycles. The highest BCUT2D eigenvalue weighted by Gasteiger charge is 2.32. The van der Waals surface area contributed by atoms with Crippen LogP contribution in [0.1, 0.15) is 71.6 Å². The third-order valence-electron chi connectivity index (χ3n) is 9.39. The van der Waals surface area contributed by atoms with E-state index in [2.05, 4.69) is 20.7 Å². The minimum absolute atomic E-state index is 0.0462. The van der Waals surface area contributed by atoms with Crippen molar-refractivity contribution in [1.29, 1.82) is 0 Å². The van der Waals surface area contributed by atoms with Crippen LogP contribution < -0.4 is 20.7 Å². The Morgan fingerprint density at radius 2 is 1.65 bits per heavy atom. The van der Waals surface area contributed by atoms with Gasteiger partial charge >= 0.3 is 11.9 Å². The van der Waals surface area contributed by atoms with Crippen molar-refractivity contribution in [1.82, 2.24) is 21.0 Å². The maximum atomic E-state index is 14.4. The molecule has 60 heavy (non-hydrogen) atoms. The lowest BCUT2D eigenvalue weighted by Crippen LogP contribution is -2.48. The van der Waals surface area contributed by atoms with Gasteiger partial charge in [-0.25, -0.2) is 18.6 Å². The summed E-state index contributed by atoms with van der Waals surface area (Å²) >= 11 is 0. The zero-order valence-corrected chi connectivity index (χ0v) is 33.7. The maximum absolute atomic E-state index is 14.4. The van der Waals surface area contributed by atoms with Crippen molar-refractivity contribution in [2.24, 2.45) is 5.92 Å². The summed E-state index contributed by atoms with van der Waals surface area (Å²) in [6, 6.07) is 17.8. The molecule has 0 spiro atoms. The van der Waals surface area contributed by atoms with E-state index in [1.54, 1.807) is 13.8 Å². The number of esters is 2. The average Bonchev–Trinajstić information content (AvgIpc) is 3.75. The molecule has 15 nitrogen and oxygen atoms in total. The summed E-state index contributed by atoms with van der Waals surface area (Å²) in [4.78, 5) is 82.2. The van der Waals surface area contributed by atoms with Crippen LogP contribution in [-0.2, 0) is 46.5 Å². The molecule has 1 heterocycles. The van der Waals surface area contributed by atoms with E-state index in [1.807, 2.05) is 30.3 Å². The van der Waals surface area contributed by atoms with E-state index in [-0.39, 0.29) is 61.1 Å². The molecule has 0 bridgehead atoms. The van der Waals surface area contributed by atoms with Gasteiger partial charge in [-0.05, 0) is 74.1 Å². The topological polar surface area (TPSA) is 192 Å². The molecule has 0 saturated heterocycles. The first-order chi connectivity index (χ1) is 28.9. The first-order valence-corrected chi connectivity index (χ1v) is 19.2. The number of nitrogens with zero attached hydrogens (tertiary/aromatic N) is 1. The summed E-state index contributed by atoms with van der Waals surface area (Å²) in [5.74, 6) is -5.48. The Morgan fingerprint density at radius 3 is 2.32 bits per heavy atom. The molecule has 0 fully saturated rings. The number of carbonyl (C=O) groups is 6. The van der Waals surface area contributed by atoms with Crippen LogP contribution in [0.4, 0.5) is 8.78 Å². The molecular weight excluding hydrogens is 786 g/mol. The molecule has 4 amide bonds. The van der Waals surface area contributed by atoms with Crippen LogP contribution in [0, 0.1) is 17.6 Å². The Morgan fingerprint density at radius 1 is 0.883 bits per heavy atom. The minimum Gasteiger partial charge on any atom is -0.493 e. The van der Waals surface area contributed by atoms with Crippen molar-refractivity contribution in [2.75, 3.05) is 27.5 Å². The van der Waals surface area contributed by atoms with E-state index < -0.39 is 65.7 Å². The van der Waals surface area contributed by atoms with Crippen LogP contribution in [0.3, 0.4) is 0 Å². The van der Waals surface area contributed by atoms with Gasteiger partial charge in [0.15, 0.2) is 5.76 Å². The highest BCUT2D eigenvalue weighted by molar-refractivity contribution is 6.00. The van der Waals surface area contributed by atoms with E-state index in [0.717, 1.165) is 37.0 Å². The molecule has 3 atom stereocenters. The van der Waals surface area contributed by atoms with Crippen molar-refractivity contribution in [3.05, 3.63) is 113 Å². The van der Waals surface area contributed by atoms with Crippen molar-refractivity contribution in [3.8, 4) is 17.1 Å². The van der Waals surface area contributed by atoms with Crippen LogP contribution in [0.2, 0.25) is 0 Å². The predicted octanol–water partition coefficient (Wildman–Crippen LogP) is 5.27. The third-order valence-corrected chi connectivity index (χ3v) is 9.39. The Kier molecular flexibility index (Phi) is 17.7. The number of hydroxylamine groups is 2. The second-order valence-corrected chi connectivity index (χ2v) is 13.3.